The molecule has 0 unspecified atom stereocenters. The lowest BCUT2D eigenvalue weighted by molar-refractivity contribution is 0.587. The first-order valence-corrected chi connectivity index (χ1v) is 6.24. The Morgan fingerprint density at radius 1 is 1.41 bits per heavy atom. The Labute approximate surface area is 99.0 Å². The second-order valence-corrected chi connectivity index (χ2v) is 5.27. The summed E-state index contributed by atoms with van der Waals surface area (Å²) in [6.45, 7) is 1.70. The van der Waals surface area contributed by atoms with Gasteiger partial charge in [-0.2, -0.15) is 5.26 Å². The van der Waals surface area contributed by atoms with Gasteiger partial charge in [0.15, 0.2) is 0 Å². The number of nitrogens with zero attached hydrogens (tertiary/aromatic N) is 3. The summed E-state index contributed by atoms with van der Waals surface area (Å²) in [6, 6.07) is 6.65. The number of hydrogen-bond donors (Lipinski definition) is 0. The summed E-state index contributed by atoms with van der Waals surface area (Å²) in [4.78, 5) is 3.69. The molecule has 5 nitrogen and oxygen atoms in total. The summed E-state index contributed by atoms with van der Waals surface area (Å²) in [5.74, 6) is 0. The molecule has 0 aliphatic rings. The van der Waals surface area contributed by atoms with Gasteiger partial charge in [0.1, 0.15) is 17.3 Å². The molecule has 0 fully saturated rings. The minimum absolute atomic E-state index is 0.00185. The van der Waals surface area contributed by atoms with Crippen LogP contribution in [0.1, 0.15) is 11.1 Å². The second kappa shape index (κ2) is 4.03. The highest BCUT2D eigenvalue weighted by molar-refractivity contribution is 7.90. The quantitative estimate of drug-likeness (QED) is 0.801. The molecule has 0 saturated carbocycles. The maximum absolute atomic E-state index is 12.2. The van der Waals surface area contributed by atoms with Crippen LogP contribution in [0.25, 0.3) is 0 Å². The third-order valence-electron chi connectivity index (χ3n) is 2.38. The Balaban J connectivity index is 2.72. The number of imidazole rings is 1. The van der Waals surface area contributed by atoms with Gasteiger partial charge in [0.25, 0.3) is 10.0 Å². The molecule has 0 spiro atoms. The van der Waals surface area contributed by atoms with E-state index >= 15 is 0 Å². The zero-order valence-electron chi connectivity index (χ0n) is 9.03. The fraction of sp³-hybridized carbons (Fsp3) is 0.0909. The average Bonchev–Trinajstić information content (AvgIpc) is 2.82. The highest BCUT2D eigenvalue weighted by Crippen LogP contribution is 2.20. The predicted molar refractivity (Wildman–Crippen MR) is 60.7 cm³/mol. The molecule has 0 aliphatic carbocycles. The summed E-state index contributed by atoms with van der Waals surface area (Å²) in [7, 11) is -3.73. The molecule has 17 heavy (non-hydrogen) atoms. The molecule has 0 bridgehead atoms. The van der Waals surface area contributed by atoms with Gasteiger partial charge in [-0.1, -0.05) is 12.1 Å². The van der Waals surface area contributed by atoms with E-state index in [0.717, 1.165) is 3.97 Å². The normalized spacial score (nSPS) is 11.1. The largest absolute Gasteiger partial charge is 0.270 e. The Kier molecular flexibility index (Phi) is 2.69. The van der Waals surface area contributed by atoms with Crippen molar-refractivity contribution in [3.05, 3.63) is 48.0 Å². The van der Waals surface area contributed by atoms with E-state index < -0.39 is 10.0 Å². The van der Waals surface area contributed by atoms with E-state index in [1.54, 1.807) is 19.1 Å². The van der Waals surface area contributed by atoms with Gasteiger partial charge in [-0.3, -0.25) is 0 Å². The van der Waals surface area contributed by atoms with Crippen molar-refractivity contribution >= 4 is 10.0 Å². The van der Waals surface area contributed by atoms with E-state index in [1.807, 2.05) is 6.07 Å². The molecule has 0 saturated heterocycles. The third-order valence-corrected chi connectivity index (χ3v) is 4.05. The highest BCUT2D eigenvalue weighted by atomic mass is 32.2. The summed E-state index contributed by atoms with van der Waals surface area (Å²) in [5, 5.41) is 9.02. The lowest BCUT2D eigenvalue weighted by atomic mass is 10.1. The van der Waals surface area contributed by atoms with Crippen molar-refractivity contribution < 1.29 is 8.42 Å². The van der Waals surface area contributed by atoms with Crippen LogP contribution in [0.15, 0.2) is 41.8 Å². The first kappa shape index (κ1) is 11.4. The van der Waals surface area contributed by atoms with Crippen LogP contribution in [0.3, 0.4) is 0 Å². The van der Waals surface area contributed by atoms with Crippen molar-refractivity contribution in [2.45, 2.75) is 11.8 Å². The minimum atomic E-state index is -3.73. The predicted octanol–water partition coefficient (Wildman–Crippen LogP) is 1.30. The number of nitriles is 1. The first-order chi connectivity index (χ1) is 8.07. The minimum Gasteiger partial charge on any atom is -0.244 e. The Morgan fingerprint density at radius 3 is 2.76 bits per heavy atom. The van der Waals surface area contributed by atoms with Crippen molar-refractivity contribution in [3.8, 4) is 6.07 Å². The molecule has 0 radical (unpaired) electrons. The van der Waals surface area contributed by atoms with Crippen LogP contribution < -0.4 is 0 Å². The monoisotopic (exact) mass is 247 g/mol. The summed E-state index contributed by atoms with van der Waals surface area (Å²) >= 11 is 0. The number of benzene rings is 1. The van der Waals surface area contributed by atoms with Crippen LogP contribution in [-0.4, -0.2) is 17.4 Å². The molecular weight excluding hydrogens is 238 g/mol. The van der Waals surface area contributed by atoms with Gasteiger partial charge in [0, 0.05) is 12.4 Å². The van der Waals surface area contributed by atoms with Gasteiger partial charge in [-0.25, -0.2) is 17.4 Å². The Bertz CT molecular complexity index is 682. The molecule has 0 amide bonds. The van der Waals surface area contributed by atoms with Gasteiger partial charge in [0.05, 0.1) is 5.56 Å². The molecule has 86 valence electrons. The molecule has 1 aromatic carbocycles. The lowest BCUT2D eigenvalue weighted by Gasteiger charge is -2.08. The van der Waals surface area contributed by atoms with Gasteiger partial charge in [-0.15, -0.1) is 0 Å². The maximum atomic E-state index is 12.2. The number of hydrogen-bond acceptors (Lipinski definition) is 4. The second-order valence-electron chi connectivity index (χ2n) is 3.46. The van der Waals surface area contributed by atoms with Crippen LogP contribution in [0.4, 0.5) is 0 Å². The molecule has 2 rings (SSSR count). The fourth-order valence-electron chi connectivity index (χ4n) is 1.50. The van der Waals surface area contributed by atoms with E-state index in [2.05, 4.69) is 4.98 Å². The lowest BCUT2D eigenvalue weighted by Crippen LogP contribution is -2.13. The molecule has 6 heteroatoms. The van der Waals surface area contributed by atoms with Crippen LogP contribution in [0.5, 0.6) is 0 Å². The third kappa shape index (κ3) is 1.81. The molecule has 0 N–H and O–H groups in total. The first-order valence-electron chi connectivity index (χ1n) is 4.80. The van der Waals surface area contributed by atoms with Crippen molar-refractivity contribution in [2.24, 2.45) is 0 Å². The highest BCUT2D eigenvalue weighted by Gasteiger charge is 2.21. The van der Waals surface area contributed by atoms with E-state index in [4.69, 9.17) is 5.26 Å². The van der Waals surface area contributed by atoms with Crippen molar-refractivity contribution in [3.63, 3.8) is 0 Å². The van der Waals surface area contributed by atoms with E-state index in [-0.39, 0.29) is 10.5 Å². The number of rotatable bonds is 2. The topological polar surface area (TPSA) is 75.8 Å². The summed E-state index contributed by atoms with van der Waals surface area (Å²) in [5.41, 5.74) is 0.801. The molecule has 0 aliphatic heterocycles. The standard InChI is InChI=1S/C11H9N3O2S/c1-9-3-2-4-11(10(9)7-12)17(15,16)14-6-5-13-8-14/h2-6,8H,1H3. The molecule has 2 aromatic rings. The summed E-state index contributed by atoms with van der Waals surface area (Å²) in [6.07, 6.45) is 3.90. The number of aryl methyl sites for hydroxylation is 1. The van der Waals surface area contributed by atoms with E-state index in [9.17, 15) is 8.42 Å². The van der Waals surface area contributed by atoms with E-state index in [0.29, 0.717) is 5.56 Å². The molecule has 1 heterocycles. The van der Waals surface area contributed by atoms with Gasteiger partial charge in [0.2, 0.25) is 0 Å². The Morgan fingerprint density at radius 2 is 2.18 bits per heavy atom. The van der Waals surface area contributed by atoms with Gasteiger partial charge < -0.3 is 0 Å². The Hall–Kier alpha value is -2.13. The molecular formula is C11H9N3O2S. The van der Waals surface area contributed by atoms with Crippen molar-refractivity contribution in [1.29, 1.82) is 5.26 Å². The van der Waals surface area contributed by atoms with Crippen LogP contribution in [0.2, 0.25) is 0 Å². The average molecular weight is 247 g/mol. The zero-order chi connectivity index (χ0) is 12.5. The smallest absolute Gasteiger partial charge is 0.244 e. The van der Waals surface area contributed by atoms with Crippen LogP contribution in [-0.2, 0) is 10.0 Å². The van der Waals surface area contributed by atoms with Gasteiger partial charge in [-0.05, 0) is 18.6 Å². The number of aromatic nitrogens is 2. The van der Waals surface area contributed by atoms with Gasteiger partial charge >= 0.3 is 0 Å². The fourth-order valence-corrected chi connectivity index (χ4v) is 2.84. The maximum Gasteiger partial charge on any atom is 0.270 e. The SMILES string of the molecule is Cc1cccc(S(=O)(=O)n2ccnc2)c1C#N. The molecule has 0 atom stereocenters. The van der Waals surface area contributed by atoms with E-state index in [1.165, 1.54) is 24.8 Å². The van der Waals surface area contributed by atoms with Crippen LogP contribution >= 0.6 is 0 Å². The molecule has 1 aromatic heterocycles. The van der Waals surface area contributed by atoms with Crippen molar-refractivity contribution in [2.75, 3.05) is 0 Å². The van der Waals surface area contributed by atoms with Crippen molar-refractivity contribution in [1.82, 2.24) is 8.96 Å². The summed E-state index contributed by atoms with van der Waals surface area (Å²) < 4.78 is 25.4. The zero-order valence-corrected chi connectivity index (χ0v) is 9.85. The van der Waals surface area contributed by atoms with Crippen LogP contribution in [0, 0.1) is 18.3 Å².